The van der Waals surface area contributed by atoms with E-state index in [1.165, 1.54) is 24.9 Å². The summed E-state index contributed by atoms with van der Waals surface area (Å²) in [6.07, 6.45) is 0.932. The lowest BCUT2D eigenvalue weighted by molar-refractivity contribution is -0.127. The number of halogens is 1. The maximum atomic E-state index is 13.9. The zero-order chi connectivity index (χ0) is 22.4. The number of hydrogen-bond donors (Lipinski definition) is 0. The maximum Gasteiger partial charge on any atom is 0.233 e. The van der Waals surface area contributed by atoms with Crippen molar-refractivity contribution < 1.29 is 13.9 Å². The van der Waals surface area contributed by atoms with Crippen molar-refractivity contribution in [2.75, 3.05) is 19.9 Å². The van der Waals surface area contributed by atoms with Gasteiger partial charge in [0.1, 0.15) is 0 Å². The minimum absolute atomic E-state index is 0.0654. The van der Waals surface area contributed by atoms with Crippen molar-refractivity contribution >= 4 is 17.7 Å². The van der Waals surface area contributed by atoms with Crippen LogP contribution in [-0.2, 0) is 17.9 Å². The van der Waals surface area contributed by atoms with Crippen molar-refractivity contribution in [2.24, 2.45) is 0 Å². The van der Waals surface area contributed by atoms with Crippen molar-refractivity contribution in [2.45, 2.75) is 38.5 Å². The molecule has 6 nitrogen and oxygen atoms in total. The van der Waals surface area contributed by atoms with Gasteiger partial charge >= 0.3 is 0 Å². The third-order valence-electron chi connectivity index (χ3n) is 4.83. The Morgan fingerprint density at radius 1 is 1.23 bits per heavy atom. The number of carbonyl (C=O) groups excluding carboxylic acids is 1. The van der Waals surface area contributed by atoms with Gasteiger partial charge in [-0.3, -0.25) is 4.79 Å². The highest BCUT2D eigenvalue weighted by Gasteiger charge is 2.17. The summed E-state index contributed by atoms with van der Waals surface area (Å²) < 4.78 is 20.9. The molecule has 3 aromatic rings. The first-order valence-electron chi connectivity index (χ1n) is 10.1. The van der Waals surface area contributed by atoms with E-state index < -0.39 is 5.82 Å². The number of nitrogens with zero attached hydrogens (tertiary/aromatic N) is 4. The van der Waals surface area contributed by atoms with Crippen LogP contribution in [-0.4, -0.2) is 45.5 Å². The molecule has 1 amide bonds. The zero-order valence-electron chi connectivity index (χ0n) is 18.3. The van der Waals surface area contributed by atoms with Crippen LogP contribution >= 0.6 is 11.8 Å². The van der Waals surface area contributed by atoms with Crippen LogP contribution in [0.5, 0.6) is 5.75 Å². The van der Waals surface area contributed by atoms with E-state index in [9.17, 15) is 9.18 Å². The average Bonchev–Trinajstić information content (AvgIpc) is 3.15. The lowest BCUT2D eigenvalue weighted by atomic mass is 10.1. The molecule has 8 heteroatoms. The molecule has 31 heavy (non-hydrogen) atoms. The first-order chi connectivity index (χ1) is 14.9. The van der Waals surface area contributed by atoms with Gasteiger partial charge in [-0.05, 0) is 37.1 Å². The first kappa shape index (κ1) is 22.8. The Morgan fingerprint density at radius 3 is 2.71 bits per heavy atom. The SMILES string of the molecule is CCCn1c(SCC(=O)N(C)Cc2ccc(OC)c(F)c2)nnc1-c1cccc(C)c1. The molecule has 0 unspecified atom stereocenters. The predicted octanol–water partition coefficient (Wildman–Crippen LogP) is 4.56. The van der Waals surface area contributed by atoms with E-state index in [1.807, 2.05) is 25.1 Å². The van der Waals surface area contributed by atoms with Crippen LogP contribution in [0.25, 0.3) is 11.4 Å². The van der Waals surface area contributed by atoms with E-state index in [0.29, 0.717) is 12.1 Å². The van der Waals surface area contributed by atoms with Gasteiger partial charge in [-0.2, -0.15) is 0 Å². The molecule has 0 spiro atoms. The summed E-state index contributed by atoms with van der Waals surface area (Å²) in [5.74, 6) is 0.719. The summed E-state index contributed by atoms with van der Waals surface area (Å²) in [4.78, 5) is 14.2. The largest absolute Gasteiger partial charge is 0.494 e. The van der Waals surface area contributed by atoms with Crippen LogP contribution < -0.4 is 4.74 Å². The van der Waals surface area contributed by atoms with Crippen LogP contribution in [0.15, 0.2) is 47.6 Å². The summed E-state index contributed by atoms with van der Waals surface area (Å²) in [5.41, 5.74) is 2.87. The number of benzene rings is 2. The molecule has 0 aliphatic carbocycles. The van der Waals surface area contributed by atoms with Gasteiger partial charge in [0.05, 0.1) is 12.9 Å². The van der Waals surface area contributed by atoms with Gasteiger partial charge in [-0.15, -0.1) is 10.2 Å². The topological polar surface area (TPSA) is 60.2 Å². The number of rotatable bonds is 9. The second kappa shape index (κ2) is 10.4. The van der Waals surface area contributed by atoms with Crippen molar-refractivity contribution in [1.29, 1.82) is 0 Å². The zero-order valence-corrected chi connectivity index (χ0v) is 19.1. The molecule has 0 aliphatic heterocycles. The number of aryl methyl sites for hydroxylation is 1. The van der Waals surface area contributed by atoms with E-state index in [-0.39, 0.29) is 17.4 Å². The number of carbonyl (C=O) groups is 1. The van der Waals surface area contributed by atoms with E-state index in [4.69, 9.17) is 4.74 Å². The summed E-state index contributed by atoms with van der Waals surface area (Å²) in [6.45, 7) is 5.23. The summed E-state index contributed by atoms with van der Waals surface area (Å²) in [7, 11) is 3.13. The predicted molar refractivity (Wildman–Crippen MR) is 121 cm³/mol. The lowest BCUT2D eigenvalue weighted by Crippen LogP contribution is -2.28. The Kier molecular flexibility index (Phi) is 7.68. The van der Waals surface area contributed by atoms with Crippen LogP contribution in [0.4, 0.5) is 4.39 Å². The highest BCUT2D eigenvalue weighted by molar-refractivity contribution is 7.99. The van der Waals surface area contributed by atoms with Gasteiger partial charge in [-0.1, -0.05) is 48.5 Å². The van der Waals surface area contributed by atoms with Crippen molar-refractivity contribution in [1.82, 2.24) is 19.7 Å². The van der Waals surface area contributed by atoms with E-state index in [2.05, 4.69) is 27.8 Å². The number of thioether (sulfide) groups is 1. The Labute approximate surface area is 186 Å². The van der Waals surface area contributed by atoms with E-state index >= 15 is 0 Å². The minimum Gasteiger partial charge on any atom is -0.494 e. The number of methoxy groups -OCH3 is 1. The maximum absolute atomic E-state index is 13.9. The highest BCUT2D eigenvalue weighted by atomic mass is 32.2. The number of ether oxygens (including phenoxy) is 1. The van der Waals surface area contributed by atoms with Crippen LogP contribution in [0.2, 0.25) is 0 Å². The van der Waals surface area contributed by atoms with Gasteiger partial charge in [-0.25, -0.2) is 4.39 Å². The fraction of sp³-hybridized carbons (Fsp3) is 0.348. The Bertz CT molecular complexity index is 1050. The smallest absolute Gasteiger partial charge is 0.233 e. The number of amides is 1. The van der Waals surface area contributed by atoms with Gasteiger partial charge < -0.3 is 14.2 Å². The van der Waals surface area contributed by atoms with E-state index in [0.717, 1.165) is 35.1 Å². The van der Waals surface area contributed by atoms with Gasteiger partial charge in [0.2, 0.25) is 5.91 Å². The quantitative estimate of drug-likeness (QED) is 0.455. The number of aromatic nitrogens is 3. The third-order valence-corrected chi connectivity index (χ3v) is 5.78. The van der Waals surface area contributed by atoms with Crippen molar-refractivity contribution in [3.8, 4) is 17.1 Å². The standard InChI is InChI=1S/C23H27FN4O2S/c1-5-11-28-22(18-8-6-7-16(2)12-18)25-26-23(28)31-15-21(29)27(3)14-17-9-10-20(30-4)19(24)13-17/h6-10,12-13H,5,11,14-15H2,1-4H3. The monoisotopic (exact) mass is 442 g/mol. The molecule has 3 rings (SSSR count). The molecule has 0 bridgehead atoms. The third kappa shape index (κ3) is 5.64. The fourth-order valence-electron chi connectivity index (χ4n) is 3.23. The van der Waals surface area contributed by atoms with Gasteiger partial charge in [0, 0.05) is 25.7 Å². The van der Waals surface area contributed by atoms with Crippen LogP contribution in [0.1, 0.15) is 24.5 Å². The van der Waals surface area contributed by atoms with Crippen molar-refractivity contribution in [3.63, 3.8) is 0 Å². The summed E-state index contributed by atoms with van der Waals surface area (Å²) in [5, 5.41) is 9.42. The lowest BCUT2D eigenvalue weighted by Gasteiger charge is -2.17. The average molecular weight is 443 g/mol. The molecule has 0 radical (unpaired) electrons. The molecule has 0 N–H and O–H groups in total. The Morgan fingerprint density at radius 2 is 2.03 bits per heavy atom. The molecule has 164 valence electrons. The summed E-state index contributed by atoms with van der Waals surface area (Å²) in [6, 6.07) is 12.9. The fourth-order valence-corrected chi connectivity index (χ4v) is 4.13. The normalized spacial score (nSPS) is 10.9. The van der Waals surface area contributed by atoms with Crippen molar-refractivity contribution in [3.05, 3.63) is 59.4 Å². The molecule has 2 aromatic carbocycles. The molecule has 0 fully saturated rings. The molecule has 0 saturated carbocycles. The Balaban J connectivity index is 1.67. The molecule has 0 atom stereocenters. The van der Waals surface area contributed by atoms with Gasteiger partial charge in [0.15, 0.2) is 22.5 Å². The minimum atomic E-state index is -0.438. The molecule has 1 heterocycles. The second-order valence-electron chi connectivity index (χ2n) is 7.33. The molecular weight excluding hydrogens is 415 g/mol. The number of hydrogen-bond acceptors (Lipinski definition) is 5. The summed E-state index contributed by atoms with van der Waals surface area (Å²) >= 11 is 1.37. The second-order valence-corrected chi connectivity index (χ2v) is 8.28. The van der Waals surface area contributed by atoms with Gasteiger partial charge in [0.25, 0.3) is 0 Å². The molecule has 1 aromatic heterocycles. The highest BCUT2D eigenvalue weighted by Crippen LogP contribution is 2.25. The molecule has 0 saturated heterocycles. The molecular formula is C23H27FN4O2S. The Hall–Kier alpha value is -2.87. The van der Waals surface area contributed by atoms with E-state index in [1.54, 1.807) is 24.1 Å². The molecule has 0 aliphatic rings. The first-order valence-corrected chi connectivity index (χ1v) is 11.1. The van der Waals surface area contributed by atoms with Crippen LogP contribution in [0.3, 0.4) is 0 Å². The van der Waals surface area contributed by atoms with Crippen LogP contribution in [0, 0.1) is 12.7 Å².